The summed E-state index contributed by atoms with van der Waals surface area (Å²) in [5.74, 6) is 1.14. The van der Waals surface area contributed by atoms with Crippen LogP contribution < -0.4 is 0 Å². The van der Waals surface area contributed by atoms with Crippen molar-refractivity contribution in [2.45, 2.75) is 19.8 Å². The molecule has 0 aliphatic rings. The second-order valence-corrected chi connectivity index (χ2v) is 2.98. The molecule has 0 saturated carbocycles. The smallest absolute Gasteiger partial charge is 0.161 e. The second-order valence-electron chi connectivity index (χ2n) is 2.98. The highest BCUT2D eigenvalue weighted by atomic mass is 16.3. The van der Waals surface area contributed by atoms with E-state index in [9.17, 15) is 5.11 Å². The molecule has 1 N–H and O–H groups in total. The van der Waals surface area contributed by atoms with Gasteiger partial charge in [0.2, 0.25) is 0 Å². The predicted molar refractivity (Wildman–Crippen MR) is 48.6 cm³/mol. The normalized spacial score (nSPS) is 10.8. The van der Waals surface area contributed by atoms with Gasteiger partial charge in [0, 0.05) is 6.42 Å². The van der Waals surface area contributed by atoms with Gasteiger partial charge in [0.15, 0.2) is 5.65 Å². The van der Waals surface area contributed by atoms with Gasteiger partial charge in [0.05, 0.1) is 6.20 Å². The van der Waals surface area contributed by atoms with E-state index in [0.29, 0.717) is 0 Å². The molecule has 0 radical (unpaired) electrons. The molecular weight excluding hydrogens is 166 g/mol. The number of hydrogen-bond donors (Lipinski definition) is 1. The van der Waals surface area contributed by atoms with Crippen molar-refractivity contribution >= 4 is 5.65 Å². The number of pyridine rings is 1. The summed E-state index contributed by atoms with van der Waals surface area (Å²) in [5, 5.41) is 17.3. The first kappa shape index (κ1) is 8.04. The maximum atomic E-state index is 9.26. The molecule has 0 fully saturated rings. The fourth-order valence-electron chi connectivity index (χ4n) is 1.32. The van der Waals surface area contributed by atoms with Crippen LogP contribution in [0.3, 0.4) is 0 Å². The molecule has 0 atom stereocenters. The SMILES string of the molecule is CCCc1nnc2ccc(O)cn12. The van der Waals surface area contributed by atoms with Crippen molar-refractivity contribution in [1.29, 1.82) is 0 Å². The minimum Gasteiger partial charge on any atom is -0.506 e. The Morgan fingerprint density at radius 3 is 3.00 bits per heavy atom. The number of hydrogen-bond acceptors (Lipinski definition) is 3. The van der Waals surface area contributed by atoms with Gasteiger partial charge in [-0.25, -0.2) is 0 Å². The highest BCUT2D eigenvalue weighted by molar-refractivity contribution is 5.40. The summed E-state index contributed by atoms with van der Waals surface area (Å²) < 4.78 is 1.82. The fraction of sp³-hybridized carbons (Fsp3) is 0.333. The molecule has 0 aliphatic carbocycles. The first-order chi connectivity index (χ1) is 6.31. The lowest BCUT2D eigenvalue weighted by molar-refractivity contribution is 0.471. The standard InChI is InChI=1S/C9H11N3O/c1-2-3-8-10-11-9-5-4-7(13)6-12(8)9/h4-6,13H,2-3H2,1H3. The molecule has 2 heterocycles. The lowest BCUT2D eigenvalue weighted by Crippen LogP contribution is -1.93. The number of nitrogens with zero attached hydrogens (tertiary/aromatic N) is 3. The van der Waals surface area contributed by atoms with Gasteiger partial charge in [0.25, 0.3) is 0 Å². The van der Waals surface area contributed by atoms with E-state index < -0.39 is 0 Å². The van der Waals surface area contributed by atoms with Crippen LogP contribution in [0.2, 0.25) is 0 Å². The molecular formula is C9H11N3O. The van der Waals surface area contributed by atoms with Gasteiger partial charge < -0.3 is 5.11 Å². The average Bonchev–Trinajstić information content (AvgIpc) is 2.49. The molecule has 0 amide bonds. The van der Waals surface area contributed by atoms with Crippen LogP contribution in [0.4, 0.5) is 0 Å². The van der Waals surface area contributed by atoms with Crippen LogP contribution in [0.1, 0.15) is 19.2 Å². The molecule has 0 bridgehead atoms. The van der Waals surface area contributed by atoms with Gasteiger partial charge in [-0.3, -0.25) is 4.40 Å². The number of fused-ring (bicyclic) bond motifs is 1. The molecule has 0 unspecified atom stereocenters. The van der Waals surface area contributed by atoms with Crippen molar-refractivity contribution in [1.82, 2.24) is 14.6 Å². The topological polar surface area (TPSA) is 50.4 Å². The van der Waals surface area contributed by atoms with Crippen molar-refractivity contribution in [3.8, 4) is 5.75 Å². The summed E-state index contributed by atoms with van der Waals surface area (Å²) in [6.45, 7) is 2.09. The maximum Gasteiger partial charge on any atom is 0.161 e. The molecule has 2 rings (SSSR count). The maximum absolute atomic E-state index is 9.26. The summed E-state index contributed by atoms with van der Waals surface area (Å²) in [4.78, 5) is 0. The third-order valence-corrected chi connectivity index (χ3v) is 1.93. The van der Waals surface area contributed by atoms with Crippen LogP contribution in [0.15, 0.2) is 18.3 Å². The van der Waals surface area contributed by atoms with Crippen molar-refractivity contribution in [3.05, 3.63) is 24.2 Å². The third-order valence-electron chi connectivity index (χ3n) is 1.93. The van der Waals surface area contributed by atoms with E-state index in [4.69, 9.17) is 0 Å². The van der Waals surface area contributed by atoms with E-state index in [1.54, 1.807) is 18.3 Å². The molecule has 68 valence electrons. The largest absolute Gasteiger partial charge is 0.506 e. The molecule has 2 aromatic heterocycles. The van der Waals surface area contributed by atoms with Crippen LogP contribution in [0.5, 0.6) is 5.75 Å². The number of aromatic hydroxyl groups is 1. The zero-order chi connectivity index (χ0) is 9.26. The first-order valence-electron chi connectivity index (χ1n) is 4.34. The molecule has 0 aliphatic heterocycles. The van der Waals surface area contributed by atoms with Gasteiger partial charge >= 0.3 is 0 Å². The van der Waals surface area contributed by atoms with Gasteiger partial charge in [-0.1, -0.05) is 6.92 Å². The summed E-state index contributed by atoms with van der Waals surface area (Å²) in [7, 11) is 0. The molecule has 2 aromatic rings. The van der Waals surface area contributed by atoms with Crippen molar-refractivity contribution < 1.29 is 5.11 Å². The number of rotatable bonds is 2. The Bertz CT molecular complexity index is 422. The molecule has 4 heteroatoms. The van der Waals surface area contributed by atoms with Gasteiger partial charge in [-0.2, -0.15) is 0 Å². The zero-order valence-electron chi connectivity index (χ0n) is 7.44. The van der Waals surface area contributed by atoms with E-state index in [1.807, 2.05) is 4.40 Å². The van der Waals surface area contributed by atoms with E-state index in [-0.39, 0.29) is 5.75 Å². The van der Waals surface area contributed by atoms with Gasteiger partial charge in [0.1, 0.15) is 11.6 Å². The Balaban J connectivity index is 2.58. The molecule has 0 spiro atoms. The van der Waals surface area contributed by atoms with Crippen LogP contribution in [-0.2, 0) is 6.42 Å². The average molecular weight is 177 g/mol. The number of aryl methyl sites for hydroxylation is 1. The van der Waals surface area contributed by atoms with Crippen LogP contribution in [0, 0.1) is 0 Å². The third kappa shape index (κ3) is 1.35. The number of aromatic nitrogens is 3. The van der Waals surface area contributed by atoms with E-state index in [1.165, 1.54) is 0 Å². The molecule has 0 aromatic carbocycles. The van der Waals surface area contributed by atoms with Gasteiger partial charge in [-0.15, -0.1) is 10.2 Å². The summed E-state index contributed by atoms with van der Waals surface area (Å²) >= 11 is 0. The summed E-state index contributed by atoms with van der Waals surface area (Å²) in [6, 6.07) is 3.36. The Morgan fingerprint density at radius 2 is 2.23 bits per heavy atom. The fourth-order valence-corrected chi connectivity index (χ4v) is 1.32. The van der Waals surface area contributed by atoms with E-state index in [2.05, 4.69) is 17.1 Å². The van der Waals surface area contributed by atoms with Crippen LogP contribution >= 0.6 is 0 Å². The van der Waals surface area contributed by atoms with Crippen molar-refractivity contribution in [2.24, 2.45) is 0 Å². The quantitative estimate of drug-likeness (QED) is 0.754. The van der Waals surface area contributed by atoms with E-state index in [0.717, 1.165) is 24.3 Å². The zero-order valence-corrected chi connectivity index (χ0v) is 7.44. The van der Waals surface area contributed by atoms with E-state index >= 15 is 0 Å². The predicted octanol–water partition coefficient (Wildman–Crippen LogP) is 1.39. The second kappa shape index (κ2) is 3.05. The molecule has 0 saturated heterocycles. The monoisotopic (exact) mass is 177 g/mol. The Hall–Kier alpha value is -1.58. The highest BCUT2D eigenvalue weighted by Gasteiger charge is 2.03. The van der Waals surface area contributed by atoms with Crippen molar-refractivity contribution in [2.75, 3.05) is 0 Å². The Kier molecular flexibility index (Phi) is 1.88. The minimum absolute atomic E-state index is 0.240. The van der Waals surface area contributed by atoms with Crippen LogP contribution in [-0.4, -0.2) is 19.7 Å². The summed E-state index contributed by atoms with van der Waals surface area (Å²) in [6.07, 6.45) is 3.54. The van der Waals surface area contributed by atoms with Gasteiger partial charge in [-0.05, 0) is 18.6 Å². The minimum atomic E-state index is 0.240. The summed E-state index contributed by atoms with van der Waals surface area (Å²) in [5.41, 5.74) is 0.779. The molecule has 13 heavy (non-hydrogen) atoms. The van der Waals surface area contributed by atoms with Crippen LogP contribution in [0.25, 0.3) is 5.65 Å². The Labute approximate surface area is 75.8 Å². The highest BCUT2D eigenvalue weighted by Crippen LogP contribution is 2.12. The lowest BCUT2D eigenvalue weighted by Gasteiger charge is -1.97. The lowest BCUT2D eigenvalue weighted by atomic mass is 10.3. The first-order valence-corrected chi connectivity index (χ1v) is 4.34. The Morgan fingerprint density at radius 1 is 1.38 bits per heavy atom. The van der Waals surface area contributed by atoms with Crippen molar-refractivity contribution in [3.63, 3.8) is 0 Å². The molecule has 4 nitrogen and oxygen atoms in total.